The van der Waals surface area contributed by atoms with Crippen LogP contribution in [0.25, 0.3) is 0 Å². The number of ketones is 1. The van der Waals surface area contributed by atoms with Gasteiger partial charge in [-0.2, -0.15) is 5.26 Å². The van der Waals surface area contributed by atoms with E-state index in [4.69, 9.17) is 19.9 Å². The number of nitrogens with two attached hydrogens (primary N) is 1. The second-order valence-electron chi connectivity index (χ2n) is 9.13. The van der Waals surface area contributed by atoms with Crippen molar-refractivity contribution in [3.05, 3.63) is 46.4 Å². The molecule has 4 rings (SSSR count). The highest BCUT2D eigenvalue weighted by atomic mass is 16.5. The molecule has 2 heterocycles. The number of carbonyl (C=O) groups is 1. The van der Waals surface area contributed by atoms with Crippen LogP contribution >= 0.6 is 0 Å². The molecule has 0 saturated carbocycles. The fraction of sp³-hybridized carbons (Fsp3) is 0.500. The average Bonchev–Trinajstić information content (AvgIpc) is 2.77. The molecule has 8 nitrogen and oxygen atoms in total. The molecule has 8 heteroatoms. The van der Waals surface area contributed by atoms with E-state index in [1.165, 1.54) is 0 Å². The number of Topliss-reactive ketones (excluding diaryl/α,β-unsaturated/α-hetero) is 1. The SMILES string of the molecule is COc1ccc(OC)c(C2C(C#N)=C(N)N(N3CCOCC3)C3=C2C(=O)CC(C)(C)C3)c1. The Morgan fingerprint density at radius 3 is 2.53 bits per heavy atom. The van der Waals surface area contributed by atoms with E-state index in [0.717, 1.165) is 5.70 Å². The first-order chi connectivity index (χ1) is 15.3. The summed E-state index contributed by atoms with van der Waals surface area (Å²) < 4.78 is 16.6. The minimum Gasteiger partial charge on any atom is -0.497 e. The largest absolute Gasteiger partial charge is 0.497 e. The van der Waals surface area contributed by atoms with Gasteiger partial charge in [0.25, 0.3) is 0 Å². The monoisotopic (exact) mass is 438 g/mol. The van der Waals surface area contributed by atoms with E-state index in [9.17, 15) is 10.1 Å². The molecule has 0 bridgehead atoms. The van der Waals surface area contributed by atoms with Crippen LogP contribution in [0.3, 0.4) is 0 Å². The van der Waals surface area contributed by atoms with Gasteiger partial charge in [0.1, 0.15) is 17.3 Å². The van der Waals surface area contributed by atoms with Crippen molar-refractivity contribution in [3.63, 3.8) is 0 Å². The lowest BCUT2D eigenvalue weighted by Gasteiger charge is -2.48. The number of hydrazine groups is 1. The summed E-state index contributed by atoms with van der Waals surface area (Å²) in [5.41, 5.74) is 8.99. The van der Waals surface area contributed by atoms with Gasteiger partial charge in [-0.15, -0.1) is 0 Å². The van der Waals surface area contributed by atoms with Crippen molar-refractivity contribution in [2.75, 3.05) is 40.5 Å². The molecular weight excluding hydrogens is 408 g/mol. The van der Waals surface area contributed by atoms with E-state index in [1.54, 1.807) is 26.4 Å². The first-order valence-corrected chi connectivity index (χ1v) is 10.8. The Bertz CT molecular complexity index is 1030. The van der Waals surface area contributed by atoms with E-state index in [0.29, 0.717) is 73.2 Å². The Labute approximate surface area is 188 Å². The Morgan fingerprint density at radius 2 is 1.91 bits per heavy atom. The molecular formula is C24H30N4O4. The van der Waals surface area contributed by atoms with Gasteiger partial charge in [-0.3, -0.25) is 9.80 Å². The fourth-order valence-electron chi connectivity index (χ4n) is 4.94. The van der Waals surface area contributed by atoms with Crippen LogP contribution in [-0.4, -0.2) is 56.3 Å². The zero-order valence-corrected chi connectivity index (χ0v) is 19.1. The molecule has 1 aromatic carbocycles. The molecule has 170 valence electrons. The Kier molecular flexibility index (Phi) is 5.89. The number of methoxy groups -OCH3 is 2. The van der Waals surface area contributed by atoms with E-state index in [2.05, 4.69) is 24.9 Å². The minimum absolute atomic E-state index is 0.0321. The predicted molar refractivity (Wildman–Crippen MR) is 118 cm³/mol. The molecule has 2 aliphatic heterocycles. The number of allylic oxidation sites excluding steroid dienone is 3. The summed E-state index contributed by atoms with van der Waals surface area (Å²) in [5.74, 6) is 0.984. The average molecular weight is 439 g/mol. The van der Waals surface area contributed by atoms with Crippen molar-refractivity contribution < 1.29 is 19.0 Å². The number of morpholine rings is 1. The Hall–Kier alpha value is -3.02. The molecule has 0 aromatic heterocycles. The number of carbonyl (C=O) groups excluding carboxylic acids is 1. The standard InChI is InChI=1S/C24H30N4O4/c1-24(2)12-18-22(19(29)13-24)21(16-11-15(30-3)5-6-20(16)31-4)17(14-25)23(26)28(18)27-7-9-32-10-8-27/h5-6,11,21H,7-10,12-13,26H2,1-4H3. The zero-order valence-electron chi connectivity index (χ0n) is 19.1. The van der Waals surface area contributed by atoms with E-state index >= 15 is 0 Å². The summed E-state index contributed by atoms with van der Waals surface area (Å²) in [6.07, 6.45) is 1.08. The smallest absolute Gasteiger partial charge is 0.162 e. The minimum atomic E-state index is -0.610. The van der Waals surface area contributed by atoms with E-state index in [1.807, 2.05) is 11.1 Å². The zero-order chi connectivity index (χ0) is 23.0. The van der Waals surface area contributed by atoms with Crippen molar-refractivity contribution in [2.45, 2.75) is 32.6 Å². The molecule has 1 atom stereocenters. The topological polar surface area (TPSA) is 101 Å². The molecule has 1 aromatic rings. The maximum absolute atomic E-state index is 13.6. The Balaban J connectivity index is 1.97. The van der Waals surface area contributed by atoms with Gasteiger partial charge in [-0.25, -0.2) is 5.01 Å². The molecule has 0 radical (unpaired) electrons. The first-order valence-electron chi connectivity index (χ1n) is 10.8. The summed E-state index contributed by atoms with van der Waals surface area (Å²) in [6.45, 7) is 6.59. The molecule has 1 saturated heterocycles. The van der Waals surface area contributed by atoms with E-state index < -0.39 is 5.92 Å². The van der Waals surface area contributed by atoms with Gasteiger partial charge in [0.2, 0.25) is 0 Å². The molecule has 1 unspecified atom stereocenters. The summed E-state index contributed by atoms with van der Waals surface area (Å²) in [4.78, 5) is 13.6. The molecule has 3 aliphatic rings. The van der Waals surface area contributed by atoms with Crippen molar-refractivity contribution >= 4 is 5.78 Å². The predicted octanol–water partition coefficient (Wildman–Crippen LogP) is 2.69. The summed E-state index contributed by atoms with van der Waals surface area (Å²) in [7, 11) is 3.16. The highest BCUT2D eigenvalue weighted by Gasteiger charge is 2.46. The van der Waals surface area contributed by atoms with Gasteiger partial charge in [0.05, 0.1) is 45.0 Å². The van der Waals surface area contributed by atoms with Crippen molar-refractivity contribution in [3.8, 4) is 17.6 Å². The molecule has 32 heavy (non-hydrogen) atoms. The summed E-state index contributed by atoms with van der Waals surface area (Å²) in [5, 5.41) is 14.2. The van der Waals surface area contributed by atoms with Crippen LogP contribution in [0.1, 0.15) is 38.2 Å². The maximum Gasteiger partial charge on any atom is 0.162 e. The van der Waals surface area contributed by atoms with Gasteiger partial charge >= 0.3 is 0 Å². The lowest BCUT2D eigenvalue weighted by Crippen LogP contribution is -2.53. The number of rotatable bonds is 4. The van der Waals surface area contributed by atoms with Gasteiger partial charge in [0.15, 0.2) is 5.78 Å². The number of benzene rings is 1. The number of ether oxygens (including phenoxy) is 3. The number of nitrogens with zero attached hydrogens (tertiary/aromatic N) is 3. The normalized spacial score (nSPS) is 23.7. The van der Waals surface area contributed by atoms with Crippen LogP contribution in [-0.2, 0) is 9.53 Å². The first kappa shape index (κ1) is 22.2. The van der Waals surface area contributed by atoms with Crippen molar-refractivity contribution in [1.29, 1.82) is 5.26 Å². The molecule has 1 fully saturated rings. The van der Waals surface area contributed by atoms with E-state index in [-0.39, 0.29) is 11.2 Å². The highest BCUT2D eigenvalue weighted by molar-refractivity contribution is 6.00. The molecule has 1 aliphatic carbocycles. The lowest BCUT2D eigenvalue weighted by atomic mass is 9.69. The van der Waals surface area contributed by atoms with Gasteiger partial charge in [0, 0.05) is 36.3 Å². The van der Waals surface area contributed by atoms with Crippen LogP contribution < -0.4 is 15.2 Å². The van der Waals surface area contributed by atoms with Crippen LogP contribution in [0.4, 0.5) is 0 Å². The molecule has 0 spiro atoms. The molecule has 2 N–H and O–H groups in total. The van der Waals surface area contributed by atoms with Crippen LogP contribution in [0.5, 0.6) is 11.5 Å². The van der Waals surface area contributed by atoms with Gasteiger partial charge in [-0.05, 0) is 30.0 Å². The second-order valence-corrected chi connectivity index (χ2v) is 9.13. The highest BCUT2D eigenvalue weighted by Crippen LogP contribution is 2.51. The van der Waals surface area contributed by atoms with Crippen molar-refractivity contribution in [1.82, 2.24) is 10.0 Å². The third-order valence-electron chi connectivity index (χ3n) is 6.37. The van der Waals surface area contributed by atoms with Crippen LogP contribution in [0.15, 0.2) is 40.9 Å². The van der Waals surface area contributed by atoms with Crippen molar-refractivity contribution in [2.24, 2.45) is 11.1 Å². The van der Waals surface area contributed by atoms with Crippen LogP contribution in [0, 0.1) is 16.7 Å². The lowest BCUT2D eigenvalue weighted by molar-refractivity contribution is -0.119. The quantitative estimate of drug-likeness (QED) is 0.766. The molecule has 0 amide bonds. The fourth-order valence-corrected chi connectivity index (χ4v) is 4.94. The van der Waals surface area contributed by atoms with Crippen LogP contribution in [0.2, 0.25) is 0 Å². The van der Waals surface area contributed by atoms with Gasteiger partial charge in [-0.1, -0.05) is 13.8 Å². The number of nitriles is 1. The number of hydrogen-bond acceptors (Lipinski definition) is 8. The second kappa shape index (κ2) is 8.49. The number of hydrogen-bond donors (Lipinski definition) is 1. The maximum atomic E-state index is 13.6. The Morgan fingerprint density at radius 1 is 1.19 bits per heavy atom. The third kappa shape index (κ3) is 3.72. The third-order valence-corrected chi connectivity index (χ3v) is 6.37. The van der Waals surface area contributed by atoms with Gasteiger partial charge < -0.3 is 19.9 Å². The summed E-state index contributed by atoms with van der Waals surface area (Å²) in [6, 6.07) is 7.73. The summed E-state index contributed by atoms with van der Waals surface area (Å²) >= 11 is 0.